The molecule has 3 rings (SSSR count). The summed E-state index contributed by atoms with van der Waals surface area (Å²) in [6.07, 6.45) is 0.984. The number of carbonyl (C=O) groups is 1. The van der Waals surface area contributed by atoms with Gasteiger partial charge in [-0.3, -0.25) is 14.2 Å². The van der Waals surface area contributed by atoms with Crippen molar-refractivity contribution in [3.05, 3.63) is 83.4 Å². The maximum Gasteiger partial charge on any atom is 0.261 e. The molecule has 0 saturated heterocycles. The third-order valence-corrected chi connectivity index (χ3v) is 6.31. The van der Waals surface area contributed by atoms with Crippen molar-refractivity contribution >= 4 is 54.6 Å². The molecule has 0 aliphatic heterocycles. The monoisotopic (exact) mass is 479 g/mol. The second-order valence-electron chi connectivity index (χ2n) is 6.48. The summed E-state index contributed by atoms with van der Waals surface area (Å²) in [4.78, 5) is 12.6. The average Bonchev–Trinajstić information content (AvgIpc) is 2.69. The van der Waals surface area contributed by atoms with Crippen molar-refractivity contribution in [1.29, 1.82) is 0 Å². The molecule has 0 radical (unpaired) electrons. The fourth-order valence-electron chi connectivity index (χ4n) is 2.63. The molecule has 0 unspecified atom stereocenters. The van der Waals surface area contributed by atoms with Crippen LogP contribution in [-0.4, -0.2) is 29.0 Å². The molecular weight excluding hydrogens is 462 g/mol. The van der Waals surface area contributed by atoms with Crippen molar-refractivity contribution in [3.63, 3.8) is 0 Å². The highest BCUT2D eigenvalue weighted by Crippen LogP contribution is 2.25. The fraction of sp³-hybridized carbons (Fsp3) is 0.0500. The second kappa shape index (κ2) is 8.96. The Bertz CT molecular complexity index is 1320. The van der Waals surface area contributed by atoms with Crippen LogP contribution in [0.5, 0.6) is 0 Å². The molecule has 8 nitrogen and oxygen atoms in total. The molecule has 0 aromatic heterocycles. The van der Waals surface area contributed by atoms with E-state index in [2.05, 4.69) is 14.8 Å². The normalized spacial score (nSPS) is 11.5. The summed E-state index contributed by atoms with van der Waals surface area (Å²) in [5.74, 6) is -0.559. The zero-order valence-electron chi connectivity index (χ0n) is 16.2. The Hall–Kier alpha value is -3.08. The van der Waals surface area contributed by atoms with Gasteiger partial charge in [-0.25, -0.2) is 16.8 Å². The van der Waals surface area contributed by atoms with Crippen LogP contribution in [0.1, 0.15) is 10.4 Å². The van der Waals surface area contributed by atoms with Gasteiger partial charge < -0.3 is 5.32 Å². The van der Waals surface area contributed by atoms with E-state index in [9.17, 15) is 21.6 Å². The van der Waals surface area contributed by atoms with Crippen molar-refractivity contribution in [1.82, 2.24) is 0 Å². The van der Waals surface area contributed by atoms with Gasteiger partial charge in [0.05, 0.1) is 33.1 Å². The number of sulfonamides is 2. The molecule has 0 fully saturated rings. The third kappa shape index (κ3) is 5.97. The summed E-state index contributed by atoms with van der Waals surface area (Å²) < 4.78 is 52.8. The number of para-hydroxylation sites is 2. The lowest BCUT2D eigenvalue weighted by atomic mass is 10.1. The van der Waals surface area contributed by atoms with E-state index in [0.717, 1.165) is 6.26 Å². The molecule has 31 heavy (non-hydrogen) atoms. The lowest BCUT2D eigenvalue weighted by Crippen LogP contribution is -2.17. The van der Waals surface area contributed by atoms with Crippen LogP contribution >= 0.6 is 11.6 Å². The van der Waals surface area contributed by atoms with E-state index in [1.54, 1.807) is 30.3 Å². The van der Waals surface area contributed by atoms with E-state index in [4.69, 9.17) is 11.6 Å². The maximum atomic E-state index is 12.6. The second-order valence-corrected chi connectivity index (χ2v) is 10.3. The highest BCUT2D eigenvalue weighted by molar-refractivity contribution is 7.92. The molecule has 0 spiro atoms. The van der Waals surface area contributed by atoms with Gasteiger partial charge in [0.25, 0.3) is 15.9 Å². The number of hydrogen-bond donors (Lipinski definition) is 3. The summed E-state index contributed by atoms with van der Waals surface area (Å²) in [6, 6.07) is 18.1. The Kier molecular flexibility index (Phi) is 6.54. The molecule has 162 valence electrons. The first kappa shape index (κ1) is 22.6. The quantitative estimate of drug-likeness (QED) is 0.476. The number of rotatable bonds is 7. The molecule has 0 aliphatic carbocycles. The number of hydrogen-bond acceptors (Lipinski definition) is 5. The summed E-state index contributed by atoms with van der Waals surface area (Å²) in [6.45, 7) is 0. The van der Waals surface area contributed by atoms with E-state index in [-0.39, 0.29) is 26.9 Å². The lowest BCUT2D eigenvalue weighted by Gasteiger charge is -2.12. The predicted molar refractivity (Wildman–Crippen MR) is 122 cm³/mol. The first-order valence-corrected chi connectivity index (χ1v) is 12.6. The van der Waals surface area contributed by atoms with Crippen molar-refractivity contribution in [2.24, 2.45) is 0 Å². The van der Waals surface area contributed by atoms with Crippen LogP contribution < -0.4 is 14.8 Å². The lowest BCUT2D eigenvalue weighted by molar-refractivity contribution is 0.102. The molecule has 3 N–H and O–H groups in total. The number of nitrogens with one attached hydrogen (secondary N) is 3. The van der Waals surface area contributed by atoms with Gasteiger partial charge >= 0.3 is 0 Å². The Balaban J connectivity index is 1.77. The van der Waals surface area contributed by atoms with Crippen LogP contribution in [0.2, 0.25) is 5.02 Å². The molecule has 11 heteroatoms. The molecule has 0 atom stereocenters. The van der Waals surface area contributed by atoms with Crippen LogP contribution in [0, 0.1) is 0 Å². The van der Waals surface area contributed by atoms with Gasteiger partial charge in [0.15, 0.2) is 0 Å². The SMILES string of the molecule is CS(=O)(=O)Nc1ccccc1C(=O)Nc1ccc(S(=O)(=O)Nc2ccccc2Cl)cc1. The van der Waals surface area contributed by atoms with E-state index < -0.39 is 26.0 Å². The zero-order chi connectivity index (χ0) is 22.6. The van der Waals surface area contributed by atoms with Crippen LogP contribution in [0.15, 0.2) is 77.7 Å². The van der Waals surface area contributed by atoms with Crippen molar-refractivity contribution in [2.75, 3.05) is 21.0 Å². The van der Waals surface area contributed by atoms with E-state index in [1.165, 1.54) is 42.5 Å². The van der Waals surface area contributed by atoms with Gasteiger partial charge in [0.1, 0.15) is 0 Å². The van der Waals surface area contributed by atoms with Crippen LogP contribution in [-0.2, 0) is 20.0 Å². The van der Waals surface area contributed by atoms with Gasteiger partial charge in [-0.1, -0.05) is 35.9 Å². The number of carbonyl (C=O) groups excluding carboxylic acids is 1. The first-order chi connectivity index (χ1) is 14.5. The Morgan fingerprint density at radius 1 is 0.774 bits per heavy atom. The third-order valence-electron chi connectivity index (χ3n) is 4.01. The molecule has 0 bridgehead atoms. The van der Waals surface area contributed by atoms with E-state index in [1.807, 2.05) is 0 Å². The summed E-state index contributed by atoms with van der Waals surface area (Å²) in [7, 11) is -7.45. The summed E-state index contributed by atoms with van der Waals surface area (Å²) in [5.41, 5.74) is 0.822. The number of benzene rings is 3. The van der Waals surface area contributed by atoms with Gasteiger partial charge in [-0.05, 0) is 48.5 Å². The Morgan fingerprint density at radius 3 is 1.97 bits per heavy atom. The standard InChI is InChI=1S/C20H18ClN3O5S2/c1-30(26,27)23-18-8-4-2-6-16(18)20(25)22-14-10-12-15(13-11-14)31(28,29)24-19-9-5-3-7-17(19)21/h2-13,23-24H,1H3,(H,22,25). The van der Waals surface area contributed by atoms with Crippen molar-refractivity contribution < 1.29 is 21.6 Å². The van der Waals surface area contributed by atoms with E-state index >= 15 is 0 Å². The van der Waals surface area contributed by atoms with E-state index in [0.29, 0.717) is 5.69 Å². The Labute approximate surface area is 185 Å². The molecule has 0 heterocycles. The zero-order valence-corrected chi connectivity index (χ0v) is 18.6. The molecule has 3 aromatic rings. The number of halogens is 1. The van der Waals surface area contributed by atoms with Gasteiger partial charge in [-0.2, -0.15) is 0 Å². The highest BCUT2D eigenvalue weighted by atomic mass is 35.5. The largest absolute Gasteiger partial charge is 0.322 e. The minimum Gasteiger partial charge on any atom is -0.322 e. The minimum atomic E-state index is -3.88. The molecule has 0 saturated carbocycles. The van der Waals surface area contributed by atoms with Gasteiger partial charge in [-0.15, -0.1) is 0 Å². The molecular formula is C20H18ClN3O5S2. The van der Waals surface area contributed by atoms with Crippen LogP contribution in [0.25, 0.3) is 0 Å². The summed E-state index contributed by atoms with van der Waals surface area (Å²) >= 11 is 5.99. The number of amides is 1. The topological polar surface area (TPSA) is 121 Å². The smallest absolute Gasteiger partial charge is 0.261 e. The van der Waals surface area contributed by atoms with Crippen LogP contribution in [0.4, 0.5) is 17.1 Å². The fourth-order valence-corrected chi connectivity index (χ4v) is 4.53. The Morgan fingerprint density at radius 2 is 1.35 bits per heavy atom. The summed E-state index contributed by atoms with van der Waals surface area (Å²) in [5, 5.41) is 2.87. The van der Waals surface area contributed by atoms with Crippen molar-refractivity contribution in [2.45, 2.75) is 4.90 Å². The highest BCUT2D eigenvalue weighted by Gasteiger charge is 2.17. The first-order valence-electron chi connectivity index (χ1n) is 8.81. The average molecular weight is 480 g/mol. The molecule has 0 aliphatic rings. The van der Waals surface area contributed by atoms with Gasteiger partial charge in [0, 0.05) is 5.69 Å². The predicted octanol–water partition coefficient (Wildman–Crippen LogP) is 3.76. The van der Waals surface area contributed by atoms with Crippen molar-refractivity contribution in [3.8, 4) is 0 Å². The van der Waals surface area contributed by atoms with Crippen LogP contribution in [0.3, 0.4) is 0 Å². The molecule has 1 amide bonds. The van der Waals surface area contributed by atoms with Gasteiger partial charge in [0.2, 0.25) is 10.0 Å². The number of anilines is 3. The molecule has 3 aromatic carbocycles. The minimum absolute atomic E-state index is 0.0236. The maximum absolute atomic E-state index is 12.6.